The predicted molar refractivity (Wildman–Crippen MR) is 81.0 cm³/mol. The highest BCUT2D eigenvalue weighted by Gasteiger charge is 2.20. The van der Waals surface area contributed by atoms with Crippen LogP contribution in [0.1, 0.15) is 12.0 Å². The maximum Gasteiger partial charge on any atom is 0.155 e. The van der Waals surface area contributed by atoms with Gasteiger partial charge in [0.1, 0.15) is 0 Å². The summed E-state index contributed by atoms with van der Waals surface area (Å²) < 4.78 is 5.14. The highest BCUT2D eigenvalue weighted by atomic mass is 16.6. The van der Waals surface area contributed by atoms with Crippen LogP contribution in [0.2, 0.25) is 0 Å². The molecule has 0 spiro atoms. The molecule has 1 aliphatic rings. The van der Waals surface area contributed by atoms with E-state index >= 15 is 0 Å². The lowest BCUT2D eigenvalue weighted by atomic mass is 10.0. The maximum atomic E-state index is 9.30. The van der Waals surface area contributed by atoms with Crippen LogP contribution in [0.15, 0.2) is 60.7 Å². The molecule has 2 aromatic carbocycles. The fourth-order valence-electron chi connectivity index (χ4n) is 2.43. The summed E-state index contributed by atoms with van der Waals surface area (Å²) >= 11 is 0. The van der Waals surface area contributed by atoms with Crippen molar-refractivity contribution in [2.24, 2.45) is 5.92 Å². The summed E-state index contributed by atoms with van der Waals surface area (Å²) in [5.74, 6) is 0.318. The van der Waals surface area contributed by atoms with Gasteiger partial charge in [0.25, 0.3) is 0 Å². The van der Waals surface area contributed by atoms with E-state index in [0.29, 0.717) is 18.9 Å². The van der Waals surface area contributed by atoms with Gasteiger partial charge in [0, 0.05) is 12.3 Å². The van der Waals surface area contributed by atoms with E-state index in [4.69, 9.17) is 4.74 Å². The molecule has 1 saturated heterocycles. The summed E-state index contributed by atoms with van der Waals surface area (Å²) in [5, 5.41) is 9.30. The Balaban J connectivity index is 1.69. The van der Waals surface area contributed by atoms with E-state index in [1.165, 1.54) is 16.7 Å². The SMILES string of the molecule is OC1C[C@H](/C=C/c2ccc(-c3ccccc3)cc2)CO1. The fraction of sp³-hybridized carbons (Fsp3) is 0.222. The molecule has 0 amide bonds. The van der Waals surface area contributed by atoms with E-state index in [2.05, 4.69) is 60.7 Å². The second-order valence-electron chi connectivity index (χ2n) is 5.13. The summed E-state index contributed by atoms with van der Waals surface area (Å²) in [5.41, 5.74) is 3.63. The molecule has 2 aromatic rings. The lowest BCUT2D eigenvalue weighted by Crippen LogP contribution is -2.00. The Labute approximate surface area is 119 Å². The molecule has 1 fully saturated rings. The van der Waals surface area contributed by atoms with Crippen molar-refractivity contribution in [2.45, 2.75) is 12.7 Å². The summed E-state index contributed by atoms with van der Waals surface area (Å²) in [6.07, 6.45) is 4.32. The number of hydrogen-bond donors (Lipinski definition) is 1. The first-order valence-electron chi connectivity index (χ1n) is 6.94. The van der Waals surface area contributed by atoms with E-state index in [9.17, 15) is 5.11 Å². The molecule has 0 aliphatic carbocycles. The molecule has 1 unspecified atom stereocenters. The number of benzene rings is 2. The number of rotatable bonds is 3. The van der Waals surface area contributed by atoms with Crippen molar-refractivity contribution in [3.05, 3.63) is 66.2 Å². The zero-order valence-electron chi connectivity index (χ0n) is 11.3. The van der Waals surface area contributed by atoms with Crippen molar-refractivity contribution < 1.29 is 9.84 Å². The summed E-state index contributed by atoms with van der Waals surface area (Å²) in [6.45, 7) is 0.611. The Morgan fingerprint density at radius 2 is 1.65 bits per heavy atom. The van der Waals surface area contributed by atoms with Crippen molar-refractivity contribution in [3.8, 4) is 11.1 Å². The van der Waals surface area contributed by atoms with Gasteiger partial charge in [0.05, 0.1) is 6.61 Å². The third-order valence-corrected chi connectivity index (χ3v) is 3.59. The van der Waals surface area contributed by atoms with Crippen molar-refractivity contribution in [1.82, 2.24) is 0 Å². The van der Waals surface area contributed by atoms with E-state index in [0.717, 1.165) is 0 Å². The van der Waals surface area contributed by atoms with Crippen molar-refractivity contribution >= 4 is 6.08 Å². The predicted octanol–water partition coefficient (Wildman–Crippen LogP) is 3.72. The van der Waals surface area contributed by atoms with Crippen LogP contribution in [-0.4, -0.2) is 18.0 Å². The standard InChI is InChI=1S/C18H18O2/c19-18-12-15(13-20-18)7-6-14-8-10-17(11-9-14)16-4-2-1-3-5-16/h1-11,15,18-19H,12-13H2/b7-6+/t15-,18?/m0/s1. The molecule has 1 heterocycles. The van der Waals surface area contributed by atoms with Gasteiger partial charge < -0.3 is 9.84 Å². The van der Waals surface area contributed by atoms with Gasteiger partial charge in [0.2, 0.25) is 0 Å². The maximum absolute atomic E-state index is 9.30. The molecular formula is C18H18O2. The molecule has 0 bridgehead atoms. The fourth-order valence-corrected chi connectivity index (χ4v) is 2.43. The normalized spacial score (nSPS) is 22.4. The van der Waals surface area contributed by atoms with Gasteiger partial charge in [-0.05, 0) is 16.7 Å². The van der Waals surface area contributed by atoms with Gasteiger partial charge in [-0.2, -0.15) is 0 Å². The molecule has 1 aliphatic heterocycles. The van der Waals surface area contributed by atoms with Crippen molar-refractivity contribution in [3.63, 3.8) is 0 Å². The van der Waals surface area contributed by atoms with Crippen LogP contribution in [0, 0.1) is 5.92 Å². The molecule has 2 nitrogen and oxygen atoms in total. The average molecular weight is 266 g/mol. The molecule has 0 saturated carbocycles. The zero-order valence-corrected chi connectivity index (χ0v) is 11.3. The Morgan fingerprint density at radius 1 is 0.950 bits per heavy atom. The summed E-state index contributed by atoms with van der Waals surface area (Å²) in [7, 11) is 0. The Bertz CT molecular complexity index is 572. The number of aliphatic hydroxyl groups excluding tert-OH is 1. The minimum absolute atomic E-state index is 0.318. The molecule has 1 N–H and O–H groups in total. The first-order valence-corrected chi connectivity index (χ1v) is 6.94. The lowest BCUT2D eigenvalue weighted by molar-refractivity contribution is -0.0590. The smallest absolute Gasteiger partial charge is 0.155 e. The highest BCUT2D eigenvalue weighted by molar-refractivity contribution is 5.65. The minimum Gasteiger partial charge on any atom is -0.368 e. The Kier molecular flexibility index (Phi) is 3.95. The molecule has 0 aromatic heterocycles. The van der Waals surface area contributed by atoms with E-state index in [1.54, 1.807) is 0 Å². The zero-order chi connectivity index (χ0) is 13.8. The first kappa shape index (κ1) is 13.1. The van der Waals surface area contributed by atoms with Crippen LogP contribution in [0.25, 0.3) is 17.2 Å². The van der Waals surface area contributed by atoms with Crippen LogP contribution in [0.5, 0.6) is 0 Å². The Hall–Kier alpha value is -1.90. The molecule has 2 atom stereocenters. The summed E-state index contributed by atoms with van der Waals surface area (Å²) in [4.78, 5) is 0. The highest BCUT2D eigenvalue weighted by Crippen LogP contribution is 2.22. The van der Waals surface area contributed by atoms with Crippen LogP contribution >= 0.6 is 0 Å². The third kappa shape index (κ3) is 3.16. The number of ether oxygens (including phenoxy) is 1. The number of aliphatic hydroxyl groups is 1. The molecule has 20 heavy (non-hydrogen) atoms. The molecule has 2 heteroatoms. The molecule has 3 rings (SSSR count). The van der Waals surface area contributed by atoms with E-state index < -0.39 is 6.29 Å². The minimum atomic E-state index is -0.592. The number of hydrogen-bond acceptors (Lipinski definition) is 2. The van der Waals surface area contributed by atoms with Gasteiger partial charge in [-0.3, -0.25) is 0 Å². The van der Waals surface area contributed by atoms with Gasteiger partial charge in [-0.1, -0.05) is 66.7 Å². The van der Waals surface area contributed by atoms with E-state index in [-0.39, 0.29) is 0 Å². The first-order chi connectivity index (χ1) is 9.81. The quantitative estimate of drug-likeness (QED) is 0.917. The Morgan fingerprint density at radius 3 is 2.30 bits per heavy atom. The van der Waals surface area contributed by atoms with Crippen molar-refractivity contribution in [2.75, 3.05) is 6.61 Å². The average Bonchev–Trinajstić information content (AvgIpc) is 2.92. The van der Waals surface area contributed by atoms with E-state index in [1.807, 2.05) is 6.07 Å². The van der Waals surface area contributed by atoms with Gasteiger partial charge in [-0.25, -0.2) is 0 Å². The van der Waals surface area contributed by atoms with Crippen LogP contribution in [0.3, 0.4) is 0 Å². The second kappa shape index (κ2) is 6.04. The monoisotopic (exact) mass is 266 g/mol. The second-order valence-corrected chi connectivity index (χ2v) is 5.13. The molecular weight excluding hydrogens is 248 g/mol. The largest absolute Gasteiger partial charge is 0.368 e. The van der Waals surface area contributed by atoms with Gasteiger partial charge in [-0.15, -0.1) is 0 Å². The van der Waals surface area contributed by atoms with Crippen LogP contribution < -0.4 is 0 Å². The lowest BCUT2D eigenvalue weighted by Gasteiger charge is -2.02. The van der Waals surface area contributed by atoms with Gasteiger partial charge >= 0.3 is 0 Å². The molecule has 0 radical (unpaired) electrons. The van der Waals surface area contributed by atoms with Crippen LogP contribution in [-0.2, 0) is 4.74 Å². The van der Waals surface area contributed by atoms with Gasteiger partial charge in [0.15, 0.2) is 6.29 Å². The topological polar surface area (TPSA) is 29.5 Å². The third-order valence-electron chi connectivity index (χ3n) is 3.59. The van der Waals surface area contributed by atoms with Crippen molar-refractivity contribution in [1.29, 1.82) is 0 Å². The molecule has 102 valence electrons. The summed E-state index contributed by atoms with van der Waals surface area (Å²) in [6, 6.07) is 18.9. The van der Waals surface area contributed by atoms with Crippen LogP contribution in [0.4, 0.5) is 0 Å².